The Bertz CT molecular complexity index is 1690. The van der Waals surface area contributed by atoms with Gasteiger partial charge in [0.15, 0.2) is 0 Å². The second kappa shape index (κ2) is 14.5. The number of halogens is 1. The molecule has 1 saturated carbocycles. The van der Waals surface area contributed by atoms with E-state index in [0.29, 0.717) is 5.88 Å². The van der Waals surface area contributed by atoms with Gasteiger partial charge in [-0.2, -0.15) is 5.10 Å². The van der Waals surface area contributed by atoms with E-state index in [0.717, 1.165) is 45.7 Å². The lowest BCUT2D eigenvalue weighted by Crippen LogP contribution is -2.49. The maximum atomic E-state index is 14.1. The van der Waals surface area contributed by atoms with Gasteiger partial charge >= 0.3 is 0 Å². The Hall–Kier alpha value is -3.84. The van der Waals surface area contributed by atoms with Gasteiger partial charge in [-0.25, -0.2) is 9.97 Å². The molecule has 4 heterocycles. The highest BCUT2D eigenvalue weighted by Crippen LogP contribution is 2.31. The molecule has 250 valence electrons. The summed E-state index contributed by atoms with van der Waals surface area (Å²) in [5, 5.41) is 18.2. The number of aliphatic hydroxyl groups is 1. The monoisotopic (exact) mass is 679 g/mol. The lowest BCUT2D eigenvalue weighted by atomic mass is 9.90. The highest BCUT2D eigenvalue weighted by molar-refractivity contribution is 7.13. The highest BCUT2D eigenvalue weighted by atomic mass is 35.5. The molecular formula is C34H42ClN7O4S. The molecule has 6 rings (SSSR count). The number of carbonyl (C=O) groups is 2. The van der Waals surface area contributed by atoms with Gasteiger partial charge in [-0.15, -0.1) is 23.7 Å². The fourth-order valence-corrected chi connectivity index (χ4v) is 7.05. The molecule has 2 amide bonds. The molecule has 0 radical (unpaired) electrons. The molecule has 4 atom stereocenters. The van der Waals surface area contributed by atoms with Crippen molar-refractivity contribution < 1.29 is 19.4 Å². The van der Waals surface area contributed by atoms with Crippen LogP contribution in [0.3, 0.4) is 0 Å². The number of aromatic nitrogens is 4. The molecule has 11 nitrogen and oxygen atoms in total. The minimum atomic E-state index is -0.793. The van der Waals surface area contributed by atoms with Crippen LogP contribution in [0.25, 0.3) is 21.6 Å². The SMILES string of the molecule is Cc1ncsc1-c1ccc([C@H](C)NC(=O)[C@@H]2C[C@@H](O)CN2C(=O)[C@@H](C(C)C)n2cc(-c3ccnc(OC4CC(N)C4)c3)cn2)cc1.Cl. The number of β-amino-alcohol motifs (C(OH)–C–C–N with tert-alkyl or cyclic N) is 1. The quantitative estimate of drug-likeness (QED) is 0.218. The number of nitrogens with two attached hydrogens (primary N) is 1. The maximum Gasteiger partial charge on any atom is 0.248 e. The van der Waals surface area contributed by atoms with Crippen LogP contribution >= 0.6 is 23.7 Å². The third-order valence-electron chi connectivity index (χ3n) is 8.90. The minimum Gasteiger partial charge on any atom is -0.474 e. The van der Waals surface area contributed by atoms with Crippen molar-refractivity contribution in [2.24, 2.45) is 11.7 Å². The van der Waals surface area contributed by atoms with Crippen LogP contribution in [0.5, 0.6) is 5.88 Å². The first kappa shape index (κ1) is 34.5. The molecule has 3 aromatic heterocycles. The predicted octanol–water partition coefficient (Wildman–Crippen LogP) is 4.70. The minimum absolute atomic E-state index is 0. The number of carbonyl (C=O) groups excluding carboxylic acids is 2. The van der Waals surface area contributed by atoms with E-state index in [1.165, 1.54) is 4.90 Å². The Morgan fingerprint density at radius 1 is 1.06 bits per heavy atom. The van der Waals surface area contributed by atoms with Crippen molar-refractivity contribution in [1.29, 1.82) is 0 Å². The van der Waals surface area contributed by atoms with Gasteiger partial charge in [0, 0.05) is 43.0 Å². The summed E-state index contributed by atoms with van der Waals surface area (Å²) in [6.07, 6.45) is 6.32. The van der Waals surface area contributed by atoms with Crippen LogP contribution in [0.1, 0.15) is 63.4 Å². The van der Waals surface area contributed by atoms with Gasteiger partial charge in [0.2, 0.25) is 17.7 Å². The van der Waals surface area contributed by atoms with E-state index in [1.807, 2.05) is 75.8 Å². The molecule has 4 aromatic rings. The number of pyridine rings is 1. The van der Waals surface area contributed by atoms with Crippen LogP contribution in [0.2, 0.25) is 0 Å². The van der Waals surface area contributed by atoms with E-state index < -0.39 is 18.2 Å². The Morgan fingerprint density at radius 3 is 2.47 bits per heavy atom. The van der Waals surface area contributed by atoms with E-state index in [9.17, 15) is 14.7 Å². The fraction of sp³-hybridized carbons (Fsp3) is 0.441. The van der Waals surface area contributed by atoms with E-state index in [1.54, 1.807) is 28.4 Å². The summed E-state index contributed by atoms with van der Waals surface area (Å²) in [7, 11) is 0. The summed E-state index contributed by atoms with van der Waals surface area (Å²) < 4.78 is 7.62. The molecule has 0 spiro atoms. The van der Waals surface area contributed by atoms with E-state index >= 15 is 0 Å². The predicted molar refractivity (Wildman–Crippen MR) is 183 cm³/mol. The maximum absolute atomic E-state index is 14.1. The lowest BCUT2D eigenvalue weighted by Gasteiger charge is -2.32. The Morgan fingerprint density at radius 2 is 1.81 bits per heavy atom. The summed E-state index contributed by atoms with van der Waals surface area (Å²) in [5.41, 5.74) is 12.4. The molecule has 2 aliphatic rings. The van der Waals surface area contributed by atoms with Crippen LogP contribution in [-0.2, 0) is 9.59 Å². The third-order valence-corrected chi connectivity index (χ3v) is 9.88. The first-order valence-corrected chi connectivity index (χ1v) is 16.7. The van der Waals surface area contributed by atoms with Crippen LogP contribution in [0, 0.1) is 12.8 Å². The number of amides is 2. The van der Waals surface area contributed by atoms with Crippen LogP contribution in [0.15, 0.2) is 60.5 Å². The van der Waals surface area contributed by atoms with E-state index in [-0.39, 0.29) is 61.3 Å². The number of likely N-dealkylation sites (tertiary alicyclic amines) is 1. The molecule has 4 N–H and O–H groups in total. The molecule has 0 unspecified atom stereocenters. The highest BCUT2D eigenvalue weighted by Gasteiger charge is 2.43. The Balaban J connectivity index is 0.00000433. The zero-order valence-electron chi connectivity index (χ0n) is 26.9. The second-order valence-electron chi connectivity index (χ2n) is 12.8. The van der Waals surface area contributed by atoms with Gasteiger partial charge in [-0.1, -0.05) is 38.1 Å². The van der Waals surface area contributed by atoms with Crippen molar-refractivity contribution in [1.82, 2.24) is 30.0 Å². The number of aryl methyl sites for hydroxylation is 1. The third kappa shape index (κ3) is 7.51. The number of nitrogens with one attached hydrogen (secondary N) is 1. The number of hydrogen-bond donors (Lipinski definition) is 3. The summed E-state index contributed by atoms with van der Waals surface area (Å²) in [6, 6.07) is 10.2. The van der Waals surface area contributed by atoms with E-state index in [4.69, 9.17) is 10.5 Å². The molecule has 1 aliphatic carbocycles. The smallest absolute Gasteiger partial charge is 0.248 e. The number of aliphatic hydroxyl groups excluding tert-OH is 1. The van der Waals surface area contributed by atoms with Gasteiger partial charge in [0.1, 0.15) is 18.2 Å². The van der Waals surface area contributed by atoms with Gasteiger partial charge in [-0.3, -0.25) is 14.3 Å². The molecule has 1 saturated heterocycles. The molecule has 0 bridgehead atoms. The summed E-state index contributed by atoms with van der Waals surface area (Å²) >= 11 is 1.60. The standard InChI is InChI=1S/C34H41N7O4S.ClH/c1-19(2)31(41-16-25(15-38-41)24-9-10-36-30(11-24)45-28-12-26(35)13-28)34(44)40-17-27(42)14-29(40)33(43)39-20(3)22-5-7-23(8-6-22)32-21(4)37-18-46-32;/h5-11,15-16,18-20,26-29,31,42H,12-14,17,35H2,1-4H3,(H,39,43);1H/t20-,26?,27+,28?,29-,31+;/m0./s1. The van der Waals surface area contributed by atoms with Gasteiger partial charge in [0.05, 0.1) is 34.4 Å². The van der Waals surface area contributed by atoms with Gasteiger partial charge in [0.25, 0.3) is 0 Å². The summed E-state index contributed by atoms with van der Waals surface area (Å²) in [5.74, 6) is -0.141. The number of benzene rings is 1. The van der Waals surface area contributed by atoms with Crippen LogP contribution < -0.4 is 15.8 Å². The van der Waals surface area contributed by atoms with Crippen molar-refractivity contribution in [2.45, 2.75) is 83.3 Å². The van der Waals surface area contributed by atoms with Crippen molar-refractivity contribution in [3.05, 3.63) is 71.8 Å². The zero-order valence-corrected chi connectivity index (χ0v) is 28.6. The molecule has 1 aliphatic heterocycles. The average molecular weight is 680 g/mol. The molecule has 1 aromatic carbocycles. The van der Waals surface area contributed by atoms with Crippen molar-refractivity contribution in [3.8, 4) is 27.4 Å². The number of thiazole rings is 1. The molecule has 47 heavy (non-hydrogen) atoms. The fourth-order valence-electron chi connectivity index (χ4n) is 6.24. The van der Waals surface area contributed by atoms with E-state index in [2.05, 4.69) is 20.4 Å². The van der Waals surface area contributed by atoms with Crippen LogP contribution in [-0.4, -0.2) is 72.4 Å². The number of rotatable bonds is 10. The Kier molecular flexibility index (Phi) is 10.6. The number of nitrogens with zero attached hydrogens (tertiary/aromatic N) is 5. The van der Waals surface area contributed by atoms with Crippen molar-refractivity contribution in [2.75, 3.05) is 6.54 Å². The lowest BCUT2D eigenvalue weighted by molar-refractivity contribution is -0.142. The molecule has 13 heteroatoms. The van der Waals surface area contributed by atoms with Gasteiger partial charge in [-0.05, 0) is 55.4 Å². The first-order valence-electron chi connectivity index (χ1n) is 15.8. The molecular weight excluding hydrogens is 638 g/mol. The first-order chi connectivity index (χ1) is 22.1. The largest absolute Gasteiger partial charge is 0.474 e. The van der Waals surface area contributed by atoms with Crippen molar-refractivity contribution >= 4 is 35.6 Å². The number of ether oxygens (including phenoxy) is 1. The summed E-state index contributed by atoms with van der Waals surface area (Å²) in [4.78, 5) is 39.0. The Labute approximate surface area is 285 Å². The molecule has 2 fully saturated rings. The topological polar surface area (TPSA) is 148 Å². The van der Waals surface area contributed by atoms with Gasteiger partial charge < -0.3 is 25.8 Å². The average Bonchev–Trinajstić information content (AvgIpc) is 3.76. The summed E-state index contributed by atoms with van der Waals surface area (Å²) in [6.45, 7) is 7.89. The number of hydrogen-bond acceptors (Lipinski definition) is 9. The van der Waals surface area contributed by atoms with Crippen LogP contribution in [0.4, 0.5) is 0 Å². The normalized spacial score (nSPS) is 21.9. The second-order valence-corrected chi connectivity index (χ2v) is 13.6. The van der Waals surface area contributed by atoms with Crippen molar-refractivity contribution in [3.63, 3.8) is 0 Å². The zero-order chi connectivity index (χ0) is 32.5.